The van der Waals surface area contributed by atoms with Crippen LogP contribution in [0.2, 0.25) is 0 Å². The van der Waals surface area contributed by atoms with E-state index in [2.05, 4.69) is 14.9 Å². The van der Waals surface area contributed by atoms with Crippen LogP contribution in [0.3, 0.4) is 0 Å². The molecule has 0 spiro atoms. The number of likely N-dealkylation sites (tertiary alicyclic amines) is 1. The van der Waals surface area contributed by atoms with Gasteiger partial charge in [-0.15, -0.1) is 0 Å². The Morgan fingerprint density at radius 1 is 1.13 bits per heavy atom. The third-order valence-electron chi connectivity index (χ3n) is 6.50. The van der Waals surface area contributed by atoms with Crippen molar-refractivity contribution in [1.82, 2.24) is 14.9 Å². The van der Waals surface area contributed by atoms with Gasteiger partial charge in [0.25, 0.3) is 0 Å². The highest BCUT2D eigenvalue weighted by Crippen LogP contribution is 2.51. The molecule has 1 aliphatic heterocycles. The summed E-state index contributed by atoms with van der Waals surface area (Å²) in [4.78, 5) is 10.7. The molecule has 1 aliphatic carbocycles. The molecule has 2 unspecified atom stereocenters. The molecule has 1 N–H and O–H groups in total. The normalized spacial score (nSPS) is 26.3. The Balaban J connectivity index is 1.60. The summed E-state index contributed by atoms with van der Waals surface area (Å²) in [6.45, 7) is 1.82. The summed E-state index contributed by atoms with van der Waals surface area (Å²) in [6.07, 6.45) is 4.43. The van der Waals surface area contributed by atoms with Crippen molar-refractivity contribution in [3.05, 3.63) is 41.3 Å². The fourth-order valence-corrected chi connectivity index (χ4v) is 5.02. The lowest BCUT2D eigenvalue weighted by Crippen LogP contribution is -2.58. The van der Waals surface area contributed by atoms with E-state index in [1.54, 1.807) is 18.3 Å². The summed E-state index contributed by atoms with van der Waals surface area (Å²) < 4.78 is 30.1. The number of aliphatic hydroxyl groups is 1. The quantitative estimate of drug-likeness (QED) is 0.774. The molecule has 30 heavy (non-hydrogen) atoms. The zero-order chi connectivity index (χ0) is 21.3. The molecular formula is C22H28FN3O4. The number of fused-ring (bicyclic) bond motifs is 2. The fraction of sp³-hybridized carbons (Fsp3) is 0.545. The lowest BCUT2D eigenvalue weighted by Gasteiger charge is -2.53. The molecule has 1 aromatic carbocycles. The van der Waals surface area contributed by atoms with E-state index in [9.17, 15) is 9.50 Å². The standard InChI is InChI=1S/C22H28FN3O4/c1-28-17-8-7-14(19(23)9-17)11-26-12-15-5-4-6-16(13-26)22(15,27)18-10-24-21(30-3)25-20(18)29-2/h7-10,15-16,27H,4-6,11-13H2,1-3H3. The van der Waals surface area contributed by atoms with E-state index in [1.807, 2.05) is 0 Å². The van der Waals surface area contributed by atoms with E-state index in [-0.39, 0.29) is 23.7 Å². The van der Waals surface area contributed by atoms with Gasteiger partial charge in [0.2, 0.25) is 5.88 Å². The van der Waals surface area contributed by atoms with Crippen LogP contribution in [0.1, 0.15) is 30.4 Å². The van der Waals surface area contributed by atoms with E-state index in [4.69, 9.17) is 14.2 Å². The Morgan fingerprint density at radius 2 is 1.87 bits per heavy atom. The summed E-state index contributed by atoms with van der Waals surface area (Å²) >= 11 is 0. The second kappa shape index (κ2) is 8.35. The Hall–Kier alpha value is -2.45. The lowest BCUT2D eigenvalue weighted by molar-refractivity contribution is -0.149. The maximum Gasteiger partial charge on any atom is 0.319 e. The zero-order valence-electron chi connectivity index (χ0n) is 17.6. The average molecular weight is 417 g/mol. The van der Waals surface area contributed by atoms with Crippen molar-refractivity contribution in [3.8, 4) is 17.6 Å². The summed E-state index contributed by atoms with van der Waals surface area (Å²) in [6, 6.07) is 5.16. The van der Waals surface area contributed by atoms with Gasteiger partial charge in [-0.3, -0.25) is 4.90 Å². The number of hydrogen-bond acceptors (Lipinski definition) is 7. The number of benzene rings is 1. The molecule has 2 aromatic rings. The molecule has 1 aromatic heterocycles. The predicted molar refractivity (Wildman–Crippen MR) is 108 cm³/mol. The van der Waals surface area contributed by atoms with Crippen LogP contribution < -0.4 is 14.2 Å². The number of ether oxygens (including phenoxy) is 3. The smallest absolute Gasteiger partial charge is 0.319 e. The molecule has 0 amide bonds. The number of piperidine rings is 1. The number of aromatic nitrogens is 2. The van der Waals surface area contributed by atoms with Crippen molar-refractivity contribution in [3.63, 3.8) is 0 Å². The van der Waals surface area contributed by atoms with Gasteiger partial charge in [0.15, 0.2) is 0 Å². The number of hydrogen-bond donors (Lipinski definition) is 1. The maximum absolute atomic E-state index is 14.5. The monoisotopic (exact) mass is 417 g/mol. The van der Waals surface area contributed by atoms with Gasteiger partial charge in [0, 0.05) is 49.3 Å². The minimum absolute atomic E-state index is 0.0165. The van der Waals surface area contributed by atoms with Crippen LogP contribution in [-0.4, -0.2) is 54.4 Å². The SMILES string of the molecule is COc1ccc(CN2CC3CCCC(C2)C3(O)c2cnc(OC)nc2OC)c(F)c1. The Bertz CT molecular complexity index is 896. The van der Waals surface area contributed by atoms with Gasteiger partial charge in [0.1, 0.15) is 17.2 Å². The van der Waals surface area contributed by atoms with Gasteiger partial charge in [-0.05, 0) is 18.9 Å². The van der Waals surface area contributed by atoms with Crippen molar-refractivity contribution < 1.29 is 23.7 Å². The van der Waals surface area contributed by atoms with Gasteiger partial charge in [-0.2, -0.15) is 4.98 Å². The van der Waals surface area contributed by atoms with Crippen LogP contribution in [0, 0.1) is 17.7 Å². The molecule has 2 aliphatic rings. The van der Waals surface area contributed by atoms with Gasteiger partial charge >= 0.3 is 6.01 Å². The molecule has 1 saturated heterocycles. The number of rotatable bonds is 6. The molecule has 2 heterocycles. The molecule has 2 atom stereocenters. The van der Waals surface area contributed by atoms with Crippen LogP contribution in [0.4, 0.5) is 4.39 Å². The zero-order valence-corrected chi connectivity index (χ0v) is 17.6. The van der Waals surface area contributed by atoms with Gasteiger partial charge < -0.3 is 19.3 Å². The first kappa shape index (κ1) is 20.8. The van der Waals surface area contributed by atoms with Crippen molar-refractivity contribution in [2.45, 2.75) is 31.4 Å². The second-order valence-corrected chi connectivity index (χ2v) is 8.08. The molecule has 1 saturated carbocycles. The largest absolute Gasteiger partial charge is 0.497 e. The summed E-state index contributed by atoms with van der Waals surface area (Å²) in [7, 11) is 4.55. The number of nitrogens with zero attached hydrogens (tertiary/aromatic N) is 3. The molecule has 4 rings (SSSR count). The first-order valence-electron chi connectivity index (χ1n) is 10.2. The third kappa shape index (κ3) is 3.58. The molecular weight excluding hydrogens is 389 g/mol. The molecule has 0 radical (unpaired) electrons. The molecule has 2 bridgehead atoms. The van der Waals surface area contributed by atoms with Crippen LogP contribution >= 0.6 is 0 Å². The van der Waals surface area contributed by atoms with E-state index in [0.717, 1.165) is 19.3 Å². The predicted octanol–water partition coefficient (Wildman–Crippen LogP) is 2.76. The van der Waals surface area contributed by atoms with Crippen LogP contribution in [0.25, 0.3) is 0 Å². The molecule has 8 heteroatoms. The summed E-state index contributed by atoms with van der Waals surface area (Å²) in [5.74, 6) is 0.545. The second-order valence-electron chi connectivity index (χ2n) is 8.08. The highest BCUT2D eigenvalue weighted by Gasteiger charge is 2.53. The number of methoxy groups -OCH3 is 3. The van der Waals surface area contributed by atoms with Crippen molar-refractivity contribution in [2.24, 2.45) is 11.8 Å². The van der Waals surface area contributed by atoms with Crippen LogP contribution in [0.15, 0.2) is 24.4 Å². The van der Waals surface area contributed by atoms with E-state index in [1.165, 1.54) is 27.4 Å². The topological polar surface area (TPSA) is 76.9 Å². The Labute approximate surface area is 175 Å². The number of halogens is 1. The first-order chi connectivity index (χ1) is 14.5. The highest BCUT2D eigenvalue weighted by molar-refractivity contribution is 5.35. The lowest BCUT2D eigenvalue weighted by atomic mass is 9.63. The third-order valence-corrected chi connectivity index (χ3v) is 6.50. The van der Waals surface area contributed by atoms with Crippen LogP contribution in [0.5, 0.6) is 17.6 Å². The van der Waals surface area contributed by atoms with Gasteiger partial charge in [-0.1, -0.05) is 12.5 Å². The molecule has 162 valence electrons. The fourth-order valence-electron chi connectivity index (χ4n) is 5.02. The van der Waals surface area contributed by atoms with Gasteiger partial charge in [0.05, 0.1) is 26.9 Å². The molecule has 7 nitrogen and oxygen atoms in total. The van der Waals surface area contributed by atoms with Gasteiger partial charge in [-0.25, -0.2) is 9.37 Å². The summed E-state index contributed by atoms with van der Waals surface area (Å²) in [5.41, 5.74) is 0.158. The van der Waals surface area contributed by atoms with Crippen LogP contribution in [-0.2, 0) is 12.1 Å². The minimum atomic E-state index is -1.08. The van der Waals surface area contributed by atoms with Crippen molar-refractivity contribution in [1.29, 1.82) is 0 Å². The maximum atomic E-state index is 14.5. The highest BCUT2D eigenvalue weighted by atomic mass is 19.1. The van der Waals surface area contributed by atoms with E-state index in [0.29, 0.717) is 42.4 Å². The van der Waals surface area contributed by atoms with Crippen molar-refractivity contribution in [2.75, 3.05) is 34.4 Å². The Morgan fingerprint density at radius 3 is 2.47 bits per heavy atom. The van der Waals surface area contributed by atoms with E-state index < -0.39 is 5.60 Å². The first-order valence-corrected chi connectivity index (χ1v) is 10.2. The minimum Gasteiger partial charge on any atom is -0.497 e. The molecule has 2 fully saturated rings. The van der Waals surface area contributed by atoms with E-state index >= 15 is 0 Å². The van der Waals surface area contributed by atoms with Crippen molar-refractivity contribution >= 4 is 0 Å². The summed E-state index contributed by atoms with van der Waals surface area (Å²) in [5, 5.41) is 11.9. The average Bonchev–Trinajstić information content (AvgIpc) is 2.75. The Kier molecular flexibility index (Phi) is 5.79.